The Balaban J connectivity index is 1.28. The Labute approximate surface area is 432 Å². The van der Waals surface area contributed by atoms with Crippen LogP contribution in [0.4, 0.5) is 0 Å². The van der Waals surface area contributed by atoms with Crippen molar-refractivity contribution in [3.05, 3.63) is 132 Å². The maximum Gasteiger partial charge on any atom is 0.364 e. The van der Waals surface area contributed by atoms with E-state index in [2.05, 4.69) is 10.6 Å². The monoisotopic (exact) mass is 1050 g/mol. The molecule has 0 radical (unpaired) electrons. The van der Waals surface area contributed by atoms with E-state index in [1.54, 1.807) is 48.5 Å². The Morgan fingerprint density at radius 3 is 1.72 bits per heavy atom. The summed E-state index contributed by atoms with van der Waals surface area (Å²) in [6, 6.07) is 31.2. The molecule has 0 aliphatic carbocycles. The number of hydrogen-bond acceptors (Lipinski definition) is 19. The maximum absolute atomic E-state index is 13.5. The zero-order valence-corrected chi connectivity index (χ0v) is 41.5. The number of aliphatic hydroxyl groups excluding tert-OH is 6. The topological polar surface area (TPSA) is 309 Å². The summed E-state index contributed by atoms with van der Waals surface area (Å²) in [7, 11) is 1.51. The molecule has 0 saturated carbocycles. The van der Waals surface area contributed by atoms with E-state index < -0.39 is 135 Å². The van der Waals surface area contributed by atoms with Crippen LogP contribution in [0.25, 0.3) is 0 Å². The molecule has 3 heterocycles. The van der Waals surface area contributed by atoms with Gasteiger partial charge in [-0.25, -0.2) is 4.79 Å². The number of methoxy groups -OCH3 is 1. The molecule has 75 heavy (non-hydrogen) atoms. The SMILES string of the molecule is COc1ccc(O[C@@H]2O[C@H](COCc3ccccc3)[C@@H](O[C@@H]3O[C@H](COCc4ccccc4)[C@H](O)[C@H](O[C@]4(C(=O)O)C[C@H](O)[C@@H](NC(C)=O)[C@H]([C@H](O)[C@H](O)CO)O4)[C@H]3O)[C@H](OCc3ccccc3)[C@H]2NC(C)=O)cc1. The van der Waals surface area contributed by atoms with Gasteiger partial charge in [-0.05, 0) is 41.0 Å². The number of carbonyl (C=O) groups is 3. The first-order chi connectivity index (χ1) is 36.1. The largest absolute Gasteiger partial charge is 0.497 e. The fourth-order valence-corrected chi connectivity index (χ4v) is 9.09. The fraction of sp³-hybridized carbons (Fsp3) is 0.491. The van der Waals surface area contributed by atoms with Gasteiger partial charge in [-0.15, -0.1) is 0 Å². The van der Waals surface area contributed by atoms with E-state index in [-0.39, 0.29) is 26.4 Å². The predicted octanol–water partition coefficient (Wildman–Crippen LogP) is 0.689. The minimum Gasteiger partial charge on any atom is -0.497 e. The molecule has 3 saturated heterocycles. The second kappa shape index (κ2) is 26.9. The average Bonchev–Trinajstić information content (AvgIpc) is 3.41. The van der Waals surface area contributed by atoms with Crippen molar-refractivity contribution in [3.8, 4) is 11.5 Å². The van der Waals surface area contributed by atoms with Crippen LogP contribution in [0.5, 0.6) is 11.5 Å². The lowest BCUT2D eigenvalue weighted by Gasteiger charge is -2.51. The van der Waals surface area contributed by atoms with Gasteiger partial charge in [-0.1, -0.05) is 91.0 Å². The zero-order chi connectivity index (χ0) is 53.6. The minimum atomic E-state index is -3.04. The summed E-state index contributed by atoms with van der Waals surface area (Å²) in [6.07, 6.45) is -23.5. The first-order valence-electron chi connectivity index (χ1n) is 24.4. The van der Waals surface area contributed by atoms with Crippen LogP contribution in [0.2, 0.25) is 0 Å². The highest BCUT2D eigenvalue weighted by Gasteiger charge is 2.60. The van der Waals surface area contributed by atoms with Crippen LogP contribution in [-0.2, 0) is 72.1 Å². The van der Waals surface area contributed by atoms with Crippen molar-refractivity contribution in [3.63, 3.8) is 0 Å². The summed E-state index contributed by atoms with van der Waals surface area (Å²) in [5.74, 6) is -5.31. The minimum absolute atomic E-state index is 0.0132. The van der Waals surface area contributed by atoms with Crippen LogP contribution in [0, 0.1) is 0 Å². The van der Waals surface area contributed by atoms with Gasteiger partial charge in [0.1, 0.15) is 78.6 Å². The Morgan fingerprint density at radius 2 is 1.19 bits per heavy atom. The van der Waals surface area contributed by atoms with Crippen molar-refractivity contribution in [1.29, 1.82) is 0 Å². The number of carboxylic acids is 1. The molecular weight excluding hydrogens is 985 g/mol. The molecule has 0 aromatic heterocycles. The van der Waals surface area contributed by atoms with Gasteiger partial charge in [0, 0.05) is 20.3 Å². The standard InChI is InChI=1S/C53H66N2O20/c1-30(57)54-41-37(59)23-53(52(64)65,74-47(41)43(61)38(60)24-56)75-49-44(62)39(28-67-25-32-13-7-4-8-14-32)71-51(45(49)63)73-46-40(29-68-26-33-15-9-5-10-16-33)72-50(70-36-21-19-35(66-3)20-22-36)42(55-31(2)58)48(46)69-27-34-17-11-6-12-18-34/h4-22,37-51,56,59-63H,23-29H2,1-3H3,(H,54,57)(H,55,58)(H,64,65)/t37-,38+,39+,40+,41+,42+,43+,44-,45+,46+,47+,48+,49-,50+,51-,53-/m0/s1. The number of carbonyl (C=O) groups excluding carboxylic acids is 2. The van der Waals surface area contributed by atoms with E-state index in [0.717, 1.165) is 23.6 Å². The zero-order valence-electron chi connectivity index (χ0n) is 41.5. The summed E-state index contributed by atoms with van der Waals surface area (Å²) >= 11 is 0. The van der Waals surface area contributed by atoms with Crippen LogP contribution >= 0.6 is 0 Å². The summed E-state index contributed by atoms with van der Waals surface area (Å²) in [4.78, 5) is 38.9. The molecule has 9 N–H and O–H groups in total. The van der Waals surface area contributed by atoms with Gasteiger partial charge in [0.05, 0.1) is 58.9 Å². The molecule has 22 heteroatoms. The third kappa shape index (κ3) is 14.8. The lowest BCUT2D eigenvalue weighted by atomic mass is 9.88. The Morgan fingerprint density at radius 1 is 0.667 bits per heavy atom. The summed E-state index contributed by atoms with van der Waals surface area (Å²) in [5, 5.41) is 83.5. The molecular formula is C53H66N2O20. The molecule has 4 aromatic carbocycles. The van der Waals surface area contributed by atoms with Crippen molar-refractivity contribution < 1.29 is 97.5 Å². The first-order valence-corrected chi connectivity index (χ1v) is 24.4. The van der Waals surface area contributed by atoms with Gasteiger partial charge >= 0.3 is 5.97 Å². The first kappa shape index (κ1) is 57.0. The number of carboxylic acid groups (broad SMARTS) is 1. The highest BCUT2D eigenvalue weighted by atomic mass is 16.8. The molecule has 0 bridgehead atoms. The van der Waals surface area contributed by atoms with Gasteiger partial charge < -0.3 is 93.7 Å². The van der Waals surface area contributed by atoms with Crippen LogP contribution < -0.4 is 20.1 Å². The quantitative estimate of drug-likeness (QED) is 0.0466. The lowest BCUT2D eigenvalue weighted by Crippen LogP contribution is -2.71. The van der Waals surface area contributed by atoms with Crippen molar-refractivity contribution in [1.82, 2.24) is 10.6 Å². The van der Waals surface area contributed by atoms with Gasteiger partial charge in [0.15, 0.2) is 6.29 Å². The highest BCUT2D eigenvalue weighted by Crippen LogP contribution is 2.39. The Hall–Kier alpha value is -5.67. The van der Waals surface area contributed by atoms with E-state index in [9.17, 15) is 50.1 Å². The molecule has 7 rings (SSSR count). The van der Waals surface area contributed by atoms with Crippen LogP contribution in [0.3, 0.4) is 0 Å². The van der Waals surface area contributed by atoms with Crippen LogP contribution in [0.1, 0.15) is 37.0 Å². The molecule has 22 nitrogen and oxygen atoms in total. The van der Waals surface area contributed by atoms with Crippen molar-refractivity contribution >= 4 is 17.8 Å². The van der Waals surface area contributed by atoms with Crippen LogP contribution in [-0.4, -0.2) is 178 Å². The normalized spacial score (nSPS) is 30.6. The summed E-state index contributed by atoms with van der Waals surface area (Å²) in [5.41, 5.74) is 2.28. The van der Waals surface area contributed by atoms with E-state index in [1.165, 1.54) is 14.0 Å². The molecule has 2 amide bonds. The molecule has 408 valence electrons. The molecule has 3 aliphatic rings. The van der Waals surface area contributed by atoms with E-state index in [0.29, 0.717) is 11.5 Å². The fourth-order valence-electron chi connectivity index (χ4n) is 9.09. The van der Waals surface area contributed by atoms with Crippen molar-refractivity contribution in [2.24, 2.45) is 0 Å². The Kier molecular flexibility index (Phi) is 20.5. The lowest BCUT2D eigenvalue weighted by molar-refractivity contribution is -0.383. The molecule has 0 spiro atoms. The number of aliphatic hydroxyl groups is 6. The third-order valence-electron chi connectivity index (χ3n) is 12.8. The van der Waals surface area contributed by atoms with Gasteiger partial charge in [-0.2, -0.15) is 0 Å². The molecule has 16 atom stereocenters. The highest BCUT2D eigenvalue weighted by molar-refractivity contribution is 5.77. The number of hydrogen-bond donors (Lipinski definition) is 9. The van der Waals surface area contributed by atoms with E-state index >= 15 is 0 Å². The smallest absolute Gasteiger partial charge is 0.364 e. The number of benzene rings is 4. The number of amides is 2. The van der Waals surface area contributed by atoms with Crippen molar-refractivity contribution in [2.45, 2.75) is 138 Å². The average molecular weight is 1050 g/mol. The summed E-state index contributed by atoms with van der Waals surface area (Å²) < 4.78 is 62.6. The van der Waals surface area contributed by atoms with Gasteiger partial charge in [-0.3, -0.25) is 9.59 Å². The third-order valence-corrected chi connectivity index (χ3v) is 12.8. The van der Waals surface area contributed by atoms with Crippen molar-refractivity contribution in [2.75, 3.05) is 26.9 Å². The number of aliphatic carboxylic acids is 1. The van der Waals surface area contributed by atoms with Crippen LogP contribution in [0.15, 0.2) is 115 Å². The number of ether oxygens (including phenoxy) is 10. The maximum atomic E-state index is 13.5. The number of rotatable bonds is 24. The van der Waals surface area contributed by atoms with E-state index in [4.69, 9.17) is 47.4 Å². The molecule has 0 unspecified atom stereocenters. The number of nitrogens with one attached hydrogen (secondary N) is 2. The van der Waals surface area contributed by atoms with Gasteiger partial charge in [0.25, 0.3) is 5.79 Å². The molecule has 3 aliphatic heterocycles. The summed E-state index contributed by atoms with van der Waals surface area (Å²) in [6.45, 7) is 0.765. The second-order valence-electron chi connectivity index (χ2n) is 18.4. The van der Waals surface area contributed by atoms with E-state index in [1.807, 2.05) is 66.7 Å². The predicted molar refractivity (Wildman–Crippen MR) is 260 cm³/mol. The Bertz CT molecular complexity index is 2390. The van der Waals surface area contributed by atoms with Gasteiger partial charge in [0.2, 0.25) is 18.1 Å². The molecule has 4 aromatic rings. The second-order valence-corrected chi connectivity index (χ2v) is 18.4. The molecule has 3 fully saturated rings.